The first-order valence-electron chi connectivity index (χ1n) is 7.27. The van der Waals surface area contributed by atoms with E-state index in [-0.39, 0.29) is 16.9 Å². The van der Waals surface area contributed by atoms with Crippen molar-refractivity contribution in [3.63, 3.8) is 0 Å². The molecule has 0 bridgehead atoms. The number of carbonyl (C=O) groups excluding carboxylic acids is 2. The van der Waals surface area contributed by atoms with Crippen LogP contribution in [0.1, 0.15) is 21.5 Å². The number of carbonyl (C=O) groups is 2. The Bertz CT molecular complexity index is 851. The van der Waals surface area contributed by atoms with Crippen molar-refractivity contribution in [3.8, 4) is 0 Å². The first kappa shape index (κ1) is 18.6. The highest BCUT2D eigenvalue weighted by Gasteiger charge is 2.20. The number of ether oxygens (including phenoxy) is 1. The van der Waals surface area contributed by atoms with Crippen molar-refractivity contribution in [1.82, 2.24) is 0 Å². The summed E-state index contributed by atoms with van der Waals surface area (Å²) in [4.78, 5) is 34.6. The van der Waals surface area contributed by atoms with Gasteiger partial charge in [0, 0.05) is 10.5 Å². The number of rotatable bonds is 5. The quantitative estimate of drug-likeness (QED) is 0.462. The predicted molar refractivity (Wildman–Crippen MR) is 95.6 cm³/mol. The molecule has 0 aromatic heterocycles. The Morgan fingerprint density at radius 1 is 1.20 bits per heavy atom. The Morgan fingerprint density at radius 3 is 2.52 bits per heavy atom. The fourth-order valence-electron chi connectivity index (χ4n) is 2.12. The molecule has 2 aromatic rings. The molecule has 0 atom stereocenters. The second kappa shape index (κ2) is 7.89. The van der Waals surface area contributed by atoms with Gasteiger partial charge in [0.15, 0.2) is 6.61 Å². The Balaban J connectivity index is 2.09. The molecule has 0 fully saturated rings. The van der Waals surface area contributed by atoms with E-state index in [0.717, 1.165) is 5.56 Å². The highest BCUT2D eigenvalue weighted by Crippen LogP contribution is 2.30. The van der Waals surface area contributed by atoms with E-state index in [9.17, 15) is 19.7 Å². The Hall–Kier alpha value is -2.74. The second-order valence-corrected chi connectivity index (χ2v) is 6.12. The molecule has 0 aliphatic rings. The monoisotopic (exact) mass is 406 g/mol. The molecule has 25 heavy (non-hydrogen) atoms. The molecule has 0 aliphatic carbocycles. The molecule has 2 aromatic carbocycles. The first-order chi connectivity index (χ1) is 11.8. The van der Waals surface area contributed by atoms with Gasteiger partial charge < -0.3 is 10.1 Å². The number of nitro benzene ring substituents is 1. The summed E-state index contributed by atoms with van der Waals surface area (Å²) in [5.74, 6) is -1.32. The van der Waals surface area contributed by atoms with E-state index in [1.807, 2.05) is 0 Å². The number of halogens is 1. The minimum absolute atomic E-state index is 0.104. The normalized spacial score (nSPS) is 10.2. The number of amides is 1. The summed E-state index contributed by atoms with van der Waals surface area (Å²) in [6.07, 6.45) is 0. The number of esters is 1. The van der Waals surface area contributed by atoms with E-state index >= 15 is 0 Å². The van der Waals surface area contributed by atoms with E-state index in [2.05, 4.69) is 21.2 Å². The Kier molecular flexibility index (Phi) is 5.87. The van der Waals surface area contributed by atoms with Crippen LogP contribution < -0.4 is 5.32 Å². The molecule has 130 valence electrons. The maximum absolute atomic E-state index is 12.0. The van der Waals surface area contributed by atoms with E-state index < -0.39 is 23.4 Å². The van der Waals surface area contributed by atoms with Gasteiger partial charge in [-0.15, -0.1) is 0 Å². The Labute approximate surface area is 152 Å². The zero-order valence-corrected chi connectivity index (χ0v) is 15.1. The van der Waals surface area contributed by atoms with Crippen LogP contribution in [0.4, 0.5) is 11.4 Å². The van der Waals surface area contributed by atoms with Gasteiger partial charge in [-0.3, -0.25) is 14.9 Å². The third kappa shape index (κ3) is 4.42. The van der Waals surface area contributed by atoms with Crippen molar-refractivity contribution in [2.75, 3.05) is 11.9 Å². The minimum atomic E-state index is -0.668. The molecule has 0 heterocycles. The van der Waals surface area contributed by atoms with Gasteiger partial charge in [-0.05, 0) is 53.0 Å². The number of anilines is 1. The summed E-state index contributed by atoms with van der Waals surface area (Å²) in [6, 6.07) is 9.57. The van der Waals surface area contributed by atoms with Crippen LogP contribution in [0.2, 0.25) is 0 Å². The lowest BCUT2D eigenvalue weighted by Crippen LogP contribution is -2.22. The van der Waals surface area contributed by atoms with Crippen molar-refractivity contribution in [1.29, 1.82) is 0 Å². The molecule has 0 radical (unpaired) electrons. The van der Waals surface area contributed by atoms with E-state index in [0.29, 0.717) is 10.0 Å². The predicted octanol–water partition coefficient (Wildman–Crippen LogP) is 3.77. The van der Waals surface area contributed by atoms with E-state index in [1.54, 1.807) is 44.2 Å². The molecule has 0 spiro atoms. The molecule has 0 aliphatic heterocycles. The standard InChI is InChI=1S/C17H15BrN2O5/c1-10-7-8-14(20(23)24)16(11(10)2)19-15(21)9-25-17(22)12-5-3-4-6-13(12)18/h3-8H,9H2,1-2H3,(H,19,21). The summed E-state index contributed by atoms with van der Waals surface area (Å²) in [5, 5.41) is 13.6. The fraction of sp³-hybridized carbons (Fsp3) is 0.176. The molecular weight excluding hydrogens is 392 g/mol. The zero-order chi connectivity index (χ0) is 18.6. The number of hydrogen-bond acceptors (Lipinski definition) is 5. The van der Waals surface area contributed by atoms with Crippen molar-refractivity contribution in [3.05, 3.63) is 67.7 Å². The summed E-state index contributed by atoms with van der Waals surface area (Å²) in [5.41, 5.74) is 1.55. The topological polar surface area (TPSA) is 98.5 Å². The van der Waals surface area contributed by atoms with Crippen molar-refractivity contribution >= 4 is 39.2 Å². The molecule has 7 nitrogen and oxygen atoms in total. The lowest BCUT2D eigenvalue weighted by Gasteiger charge is -2.11. The average Bonchev–Trinajstić information content (AvgIpc) is 2.57. The lowest BCUT2D eigenvalue weighted by atomic mass is 10.1. The second-order valence-electron chi connectivity index (χ2n) is 5.26. The van der Waals surface area contributed by atoms with Gasteiger partial charge >= 0.3 is 5.97 Å². The summed E-state index contributed by atoms with van der Waals surface area (Å²) in [7, 11) is 0. The third-order valence-corrected chi connectivity index (χ3v) is 4.29. The van der Waals surface area contributed by atoms with Gasteiger partial charge in [0.25, 0.3) is 11.6 Å². The van der Waals surface area contributed by atoms with Gasteiger partial charge in [0.1, 0.15) is 5.69 Å². The molecule has 0 unspecified atom stereocenters. The summed E-state index contributed by atoms with van der Waals surface area (Å²) >= 11 is 3.22. The number of nitro groups is 1. The van der Waals surface area contributed by atoms with E-state index in [1.165, 1.54) is 6.07 Å². The molecule has 1 N–H and O–H groups in total. The number of aryl methyl sites for hydroxylation is 1. The number of hydrogen-bond donors (Lipinski definition) is 1. The van der Waals surface area contributed by atoms with Gasteiger partial charge in [-0.1, -0.05) is 18.2 Å². The third-order valence-electron chi connectivity index (χ3n) is 3.60. The molecular formula is C17H15BrN2O5. The van der Waals surface area contributed by atoms with Crippen LogP contribution in [0.15, 0.2) is 40.9 Å². The maximum Gasteiger partial charge on any atom is 0.339 e. The largest absolute Gasteiger partial charge is 0.452 e. The highest BCUT2D eigenvalue weighted by molar-refractivity contribution is 9.10. The van der Waals surface area contributed by atoms with Crippen molar-refractivity contribution in [2.45, 2.75) is 13.8 Å². The van der Waals surface area contributed by atoms with Crippen LogP contribution in [0.3, 0.4) is 0 Å². The van der Waals surface area contributed by atoms with Gasteiger partial charge in [0.05, 0.1) is 10.5 Å². The molecule has 2 rings (SSSR count). The number of nitrogens with one attached hydrogen (secondary N) is 1. The summed E-state index contributed by atoms with van der Waals surface area (Å²) in [6.45, 7) is 2.90. The van der Waals surface area contributed by atoms with Crippen LogP contribution in [-0.2, 0) is 9.53 Å². The van der Waals surface area contributed by atoms with Gasteiger partial charge in [-0.2, -0.15) is 0 Å². The first-order valence-corrected chi connectivity index (χ1v) is 8.06. The Morgan fingerprint density at radius 2 is 1.88 bits per heavy atom. The number of nitrogens with zero attached hydrogens (tertiary/aromatic N) is 1. The fourth-order valence-corrected chi connectivity index (χ4v) is 2.57. The SMILES string of the molecule is Cc1ccc([N+](=O)[O-])c(NC(=O)COC(=O)c2ccccc2Br)c1C. The molecule has 8 heteroatoms. The molecule has 0 saturated carbocycles. The highest BCUT2D eigenvalue weighted by atomic mass is 79.9. The van der Waals surface area contributed by atoms with Crippen LogP contribution >= 0.6 is 15.9 Å². The van der Waals surface area contributed by atoms with Crippen LogP contribution in [-0.4, -0.2) is 23.4 Å². The van der Waals surface area contributed by atoms with Gasteiger partial charge in [0.2, 0.25) is 0 Å². The van der Waals surface area contributed by atoms with Crippen molar-refractivity contribution < 1.29 is 19.2 Å². The smallest absolute Gasteiger partial charge is 0.339 e. The summed E-state index contributed by atoms with van der Waals surface area (Å²) < 4.78 is 5.51. The zero-order valence-electron chi connectivity index (χ0n) is 13.5. The molecule has 1 amide bonds. The minimum Gasteiger partial charge on any atom is -0.452 e. The van der Waals surface area contributed by atoms with E-state index in [4.69, 9.17) is 4.74 Å². The number of benzene rings is 2. The van der Waals surface area contributed by atoms with Crippen molar-refractivity contribution in [2.24, 2.45) is 0 Å². The maximum atomic E-state index is 12.0. The average molecular weight is 407 g/mol. The lowest BCUT2D eigenvalue weighted by molar-refractivity contribution is -0.384. The van der Waals surface area contributed by atoms with Crippen LogP contribution in [0.25, 0.3) is 0 Å². The van der Waals surface area contributed by atoms with Crippen LogP contribution in [0, 0.1) is 24.0 Å². The molecule has 0 saturated heterocycles. The van der Waals surface area contributed by atoms with Gasteiger partial charge in [-0.25, -0.2) is 4.79 Å². The van der Waals surface area contributed by atoms with Crippen LogP contribution in [0.5, 0.6) is 0 Å².